The van der Waals surface area contributed by atoms with E-state index in [0.29, 0.717) is 21.2 Å². The van der Waals surface area contributed by atoms with Crippen molar-refractivity contribution in [3.8, 4) is 0 Å². The minimum absolute atomic E-state index is 0.326. The van der Waals surface area contributed by atoms with Gasteiger partial charge in [0.2, 0.25) is 0 Å². The van der Waals surface area contributed by atoms with Crippen molar-refractivity contribution in [2.24, 2.45) is 5.10 Å². The molecule has 0 spiro atoms. The van der Waals surface area contributed by atoms with Crippen LogP contribution in [0, 0.1) is 3.95 Å². The summed E-state index contributed by atoms with van der Waals surface area (Å²) in [6.07, 6.45) is 0.809. The molecule has 0 atom stereocenters. The maximum atomic E-state index is 12.1. The Hall–Kier alpha value is -1.99. The molecular formula is C15H18N4OS2. The van der Waals surface area contributed by atoms with E-state index in [0.717, 1.165) is 12.1 Å². The number of rotatable bonds is 5. The fourth-order valence-corrected chi connectivity index (χ4v) is 3.16. The van der Waals surface area contributed by atoms with Crippen molar-refractivity contribution in [2.45, 2.75) is 26.8 Å². The van der Waals surface area contributed by atoms with Crippen LogP contribution in [0.1, 0.15) is 29.1 Å². The molecule has 1 heterocycles. The molecule has 2 aromatic rings. The number of hydrogen-bond acceptors (Lipinski definition) is 5. The van der Waals surface area contributed by atoms with Gasteiger partial charge in [0.05, 0.1) is 0 Å². The fourth-order valence-electron chi connectivity index (χ4n) is 1.89. The third kappa shape index (κ3) is 4.02. The van der Waals surface area contributed by atoms with Gasteiger partial charge in [-0.1, -0.05) is 41.7 Å². The molecule has 0 unspecified atom stereocenters. The van der Waals surface area contributed by atoms with Crippen LogP contribution in [0.4, 0.5) is 5.82 Å². The quantitative estimate of drug-likeness (QED) is 0.501. The number of nitrogen functional groups attached to an aromatic ring is 1. The molecule has 7 heteroatoms. The van der Waals surface area contributed by atoms with Crippen LogP contribution in [0.25, 0.3) is 0 Å². The predicted molar refractivity (Wildman–Crippen MR) is 94.0 cm³/mol. The van der Waals surface area contributed by atoms with E-state index in [2.05, 4.69) is 22.7 Å². The average Bonchev–Trinajstić information content (AvgIpc) is 2.78. The maximum absolute atomic E-state index is 12.1. The van der Waals surface area contributed by atoms with Gasteiger partial charge in [0.1, 0.15) is 10.7 Å². The molecule has 2 rings (SSSR count). The highest BCUT2D eigenvalue weighted by Crippen LogP contribution is 2.22. The van der Waals surface area contributed by atoms with E-state index in [1.54, 1.807) is 18.4 Å². The molecule has 0 fully saturated rings. The van der Waals surface area contributed by atoms with Crippen molar-refractivity contribution in [3.63, 3.8) is 0 Å². The number of benzene rings is 1. The number of nitrogens with two attached hydrogens (primary N) is 1. The van der Waals surface area contributed by atoms with Crippen LogP contribution in [-0.2, 0) is 13.0 Å². The fraction of sp³-hybridized carbons (Fsp3) is 0.267. The minimum atomic E-state index is -0.326. The van der Waals surface area contributed by atoms with Crippen LogP contribution in [0.5, 0.6) is 0 Å². The Balaban J connectivity index is 2.15. The molecular weight excluding hydrogens is 316 g/mol. The lowest BCUT2D eigenvalue weighted by Crippen LogP contribution is -2.19. The van der Waals surface area contributed by atoms with Gasteiger partial charge in [0, 0.05) is 12.3 Å². The highest BCUT2D eigenvalue weighted by Gasteiger charge is 2.16. The number of carbonyl (C=O) groups is 1. The third-order valence-corrected chi connectivity index (χ3v) is 4.45. The largest absolute Gasteiger partial charge is 0.384 e. The third-order valence-electron chi connectivity index (χ3n) is 2.99. The first kappa shape index (κ1) is 16.4. The van der Waals surface area contributed by atoms with Crippen molar-refractivity contribution >= 4 is 41.0 Å². The Kier molecular flexibility index (Phi) is 5.46. The van der Waals surface area contributed by atoms with E-state index < -0.39 is 0 Å². The molecule has 0 saturated heterocycles. The molecule has 0 aliphatic heterocycles. The molecule has 0 saturated carbocycles. The molecule has 0 aliphatic rings. The summed E-state index contributed by atoms with van der Waals surface area (Å²) in [5.41, 5.74) is 10.5. The summed E-state index contributed by atoms with van der Waals surface area (Å²) in [6, 6.07) is 10.1. The summed E-state index contributed by atoms with van der Waals surface area (Å²) in [5, 5.41) is 3.90. The highest BCUT2D eigenvalue weighted by atomic mass is 32.1. The molecule has 3 N–H and O–H groups in total. The number of hydrogen-bond donors (Lipinski definition) is 2. The molecule has 0 aliphatic carbocycles. The van der Waals surface area contributed by atoms with Crippen LogP contribution in [0.3, 0.4) is 0 Å². The van der Waals surface area contributed by atoms with E-state index in [4.69, 9.17) is 18.0 Å². The molecule has 1 aromatic carbocycles. The zero-order valence-electron chi connectivity index (χ0n) is 12.5. The second-order valence-electron chi connectivity index (χ2n) is 4.97. The second-order valence-corrected chi connectivity index (χ2v) is 6.61. The normalized spacial score (nSPS) is 10.3. The van der Waals surface area contributed by atoms with E-state index in [-0.39, 0.29) is 5.91 Å². The summed E-state index contributed by atoms with van der Waals surface area (Å²) in [4.78, 5) is 12.5. The average molecular weight is 334 g/mol. The van der Waals surface area contributed by atoms with Crippen LogP contribution < -0.4 is 11.2 Å². The molecule has 1 aromatic heterocycles. The van der Waals surface area contributed by atoms with Gasteiger partial charge in [-0.25, -0.2) is 5.43 Å². The van der Waals surface area contributed by atoms with Gasteiger partial charge < -0.3 is 10.3 Å². The monoisotopic (exact) mass is 334 g/mol. The van der Waals surface area contributed by atoms with Crippen LogP contribution >= 0.6 is 23.6 Å². The van der Waals surface area contributed by atoms with Gasteiger partial charge >= 0.3 is 0 Å². The Morgan fingerprint density at radius 1 is 1.36 bits per heavy atom. The SMILES string of the molecule is CC(C)=NNC(=O)c1sc(=S)n(CCc2ccccc2)c1N. The standard InChI is InChI=1S/C15H18N4OS2/c1-10(2)17-18-14(20)12-13(16)19(15(21)22-12)9-8-11-6-4-3-5-7-11/h3-7H,8-9,16H2,1-2H3,(H,18,20). The number of anilines is 1. The number of nitrogens with zero attached hydrogens (tertiary/aromatic N) is 2. The first-order valence-corrected chi connectivity index (χ1v) is 8.05. The van der Waals surface area contributed by atoms with Crippen molar-refractivity contribution in [3.05, 3.63) is 44.7 Å². The molecule has 1 amide bonds. The molecule has 5 nitrogen and oxygen atoms in total. The zero-order valence-corrected chi connectivity index (χ0v) is 14.1. The topological polar surface area (TPSA) is 72.4 Å². The van der Waals surface area contributed by atoms with Gasteiger partial charge in [-0.3, -0.25) is 4.79 Å². The maximum Gasteiger partial charge on any atom is 0.285 e. The van der Waals surface area contributed by atoms with E-state index in [9.17, 15) is 4.79 Å². The minimum Gasteiger partial charge on any atom is -0.384 e. The van der Waals surface area contributed by atoms with Crippen LogP contribution in [0.15, 0.2) is 35.4 Å². The molecule has 0 radical (unpaired) electrons. The Labute approximate surface area is 138 Å². The Bertz CT molecular complexity index is 743. The number of aromatic nitrogens is 1. The van der Waals surface area contributed by atoms with Gasteiger partial charge in [0.15, 0.2) is 3.95 Å². The highest BCUT2D eigenvalue weighted by molar-refractivity contribution is 7.73. The summed E-state index contributed by atoms with van der Waals surface area (Å²) in [6.45, 7) is 4.25. The van der Waals surface area contributed by atoms with Crippen LogP contribution in [-0.4, -0.2) is 16.2 Å². The summed E-state index contributed by atoms with van der Waals surface area (Å²) >= 11 is 6.52. The lowest BCUT2D eigenvalue weighted by molar-refractivity contribution is 0.0959. The van der Waals surface area contributed by atoms with Crippen molar-refractivity contribution < 1.29 is 4.79 Å². The Morgan fingerprint density at radius 2 is 2.05 bits per heavy atom. The number of carbonyl (C=O) groups excluding carboxylic acids is 1. The summed E-state index contributed by atoms with van der Waals surface area (Å²) in [7, 11) is 0. The first-order chi connectivity index (χ1) is 10.5. The summed E-state index contributed by atoms with van der Waals surface area (Å²) in [5.74, 6) is 0.0700. The molecule has 0 bridgehead atoms. The van der Waals surface area contributed by atoms with Gasteiger partial charge in [0.25, 0.3) is 5.91 Å². The smallest absolute Gasteiger partial charge is 0.285 e. The predicted octanol–water partition coefficient (Wildman–Crippen LogP) is 3.23. The van der Waals surface area contributed by atoms with Gasteiger partial charge in [-0.2, -0.15) is 5.10 Å². The lowest BCUT2D eigenvalue weighted by Gasteiger charge is -2.06. The number of aryl methyl sites for hydroxylation is 1. The molecule has 22 heavy (non-hydrogen) atoms. The van der Waals surface area contributed by atoms with Gasteiger partial charge in [-0.05, 0) is 38.0 Å². The van der Waals surface area contributed by atoms with E-state index in [1.807, 2.05) is 18.2 Å². The van der Waals surface area contributed by atoms with Crippen LogP contribution in [0.2, 0.25) is 0 Å². The van der Waals surface area contributed by atoms with Crippen molar-refractivity contribution in [1.29, 1.82) is 0 Å². The van der Waals surface area contributed by atoms with Crippen molar-refractivity contribution in [1.82, 2.24) is 9.99 Å². The van der Waals surface area contributed by atoms with E-state index in [1.165, 1.54) is 16.9 Å². The van der Waals surface area contributed by atoms with E-state index >= 15 is 0 Å². The lowest BCUT2D eigenvalue weighted by atomic mass is 10.1. The van der Waals surface area contributed by atoms with Crippen molar-refractivity contribution in [2.75, 3.05) is 5.73 Å². The first-order valence-electron chi connectivity index (χ1n) is 6.83. The Morgan fingerprint density at radius 3 is 2.68 bits per heavy atom. The second kappa shape index (κ2) is 7.33. The van der Waals surface area contributed by atoms with Gasteiger partial charge in [-0.15, -0.1) is 0 Å². The number of hydrazone groups is 1. The number of amides is 1. The zero-order chi connectivity index (χ0) is 16.1. The number of thiazole rings is 1. The summed E-state index contributed by atoms with van der Waals surface area (Å²) < 4.78 is 2.39. The number of nitrogens with one attached hydrogen (secondary N) is 1. The molecule has 116 valence electrons.